The van der Waals surface area contributed by atoms with Gasteiger partial charge in [0.2, 0.25) is 0 Å². The Kier molecular flexibility index (Phi) is 6.17. The zero-order chi connectivity index (χ0) is 12.7. The Labute approximate surface area is 96.9 Å². The molecule has 1 atom stereocenters. The van der Waals surface area contributed by atoms with Gasteiger partial charge in [-0.05, 0) is 39.7 Å². The topological polar surface area (TPSA) is 43.4 Å². The van der Waals surface area contributed by atoms with Gasteiger partial charge in [-0.15, -0.1) is 6.42 Å². The summed E-state index contributed by atoms with van der Waals surface area (Å²) in [5.41, 5.74) is 1.63. The molecule has 0 aliphatic carbocycles. The van der Waals surface area contributed by atoms with E-state index in [9.17, 15) is 9.59 Å². The Balaban J connectivity index is 4.79. The number of Topliss-reactive ketones (excluding diaryl/α,β-unsaturated/α-hetero) is 1. The molecule has 0 amide bonds. The molecule has 0 spiro atoms. The van der Waals surface area contributed by atoms with Gasteiger partial charge in [-0.1, -0.05) is 11.5 Å². The Morgan fingerprint density at radius 3 is 2.25 bits per heavy atom. The fourth-order valence-electron chi connectivity index (χ4n) is 1.22. The molecule has 0 rings (SSSR count). The van der Waals surface area contributed by atoms with Crippen molar-refractivity contribution in [2.75, 3.05) is 6.61 Å². The zero-order valence-corrected chi connectivity index (χ0v) is 10.3. The molecule has 0 aromatic heterocycles. The largest absolute Gasteiger partial charge is 0.465 e. The average Bonchev–Trinajstić information content (AvgIpc) is 2.23. The number of carbonyl (C=O) groups excluding carboxylic acids is 2. The van der Waals surface area contributed by atoms with Crippen LogP contribution in [0.4, 0.5) is 0 Å². The molecule has 0 N–H and O–H groups in total. The first-order valence-corrected chi connectivity index (χ1v) is 5.24. The predicted molar refractivity (Wildman–Crippen MR) is 62.6 cm³/mol. The van der Waals surface area contributed by atoms with Gasteiger partial charge in [-0.2, -0.15) is 0 Å². The fourth-order valence-corrected chi connectivity index (χ4v) is 1.22. The van der Waals surface area contributed by atoms with Gasteiger partial charge in [0.15, 0.2) is 0 Å². The third-order valence-electron chi connectivity index (χ3n) is 2.43. The van der Waals surface area contributed by atoms with Crippen molar-refractivity contribution in [3.63, 3.8) is 0 Å². The van der Waals surface area contributed by atoms with Crippen LogP contribution in [0.15, 0.2) is 11.1 Å². The molecule has 0 aromatic rings. The highest BCUT2D eigenvalue weighted by Crippen LogP contribution is 2.17. The van der Waals surface area contributed by atoms with E-state index in [1.165, 1.54) is 6.92 Å². The average molecular weight is 222 g/mol. The van der Waals surface area contributed by atoms with Gasteiger partial charge in [0.25, 0.3) is 0 Å². The summed E-state index contributed by atoms with van der Waals surface area (Å²) < 4.78 is 4.85. The predicted octanol–water partition coefficient (Wildman–Crippen LogP) is 2.11. The summed E-state index contributed by atoms with van der Waals surface area (Å²) in [6, 6.07) is 0. The maximum Gasteiger partial charge on any atom is 0.316 e. The second-order valence-corrected chi connectivity index (χ2v) is 3.67. The van der Waals surface area contributed by atoms with E-state index >= 15 is 0 Å². The molecule has 0 bridgehead atoms. The molecule has 1 unspecified atom stereocenters. The quantitative estimate of drug-likeness (QED) is 0.406. The molecule has 0 saturated carbocycles. The van der Waals surface area contributed by atoms with Crippen molar-refractivity contribution in [2.24, 2.45) is 5.92 Å². The molecule has 0 saturated heterocycles. The fraction of sp³-hybridized carbons (Fsp3) is 0.538. The standard InChI is InChI=1S/C13H18O3/c1-6-9(3)10(4)8-12(11(5)14)13(15)16-7-2/h1,12H,7-8H2,2-5H3. The third kappa shape index (κ3) is 4.31. The van der Waals surface area contributed by atoms with Gasteiger partial charge >= 0.3 is 5.97 Å². The summed E-state index contributed by atoms with van der Waals surface area (Å²) in [5, 5.41) is 0. The Morgan fingerprint density at radius 1 is 1.31 bits per heavy atom. The van der Waals surface area contributed by atoms with Crippen LogP contribution >= 0.6 is 0 Å². The van der Waals surface area contributed by atoms with E-state index in [1.807, 2.05) is 6.92 Å². The van der Waals surface area contributed by atoms with E-state index in [2.05, 4.69) is 5.92 Å². The molecular formula is C13H18O3. The van der Waals surface area contributed by atoms with Crippen LogP contribution in [0.5, 0.6) is 0 Å². The number of hydrogen-bond acceptors (Lipinski definition) is 3. The molecule has 0 aromatic carbocycles. The Morgan fingerprint density at radius 2 is 1.88 bits per heavy atom. The third-order valence-corrected chi connectivity index (χ3v) is 2.43. The number of carbonyl (C=O) groups is 2. The van der Waals surface area contributed by atoms with Gasteiger partial charge in [-0.25, -0.2) is 0 Å². The highest BCUT2D eigenvalue weighted by Gasteiger charge is 2.25. The van der Waals surface area contributed by atoms with Gasteiger partial charge in [0.1, 0.15) is 11.7 Å². The van der Waals surface area contributed by atoms with Crippen LogP contribution in [0, 0.1) is 18.3 Å². The number of allylic oxidation sites excluding steroid dienone is 2. The minimum atomic E-state index is -0.733. The van der Waals surface area contributed by atoms with Crippen LogP contribution in [-0.4, -0.2) is 18.4 Å². The summed E-state index contributed by atoms with van der Waals surface area (Å²) in [6.45, 7) is 6.99. The van der Waals surface area contributed by atoms with Gasteiger partial charge in [-0.3, -0.25) is 9.59 Å². The minimum Gasteiger partial charge on any atom is -0.465 e. The number of ether oxygens (including phenoxy) is 1. The number of terminal acetylenes is 1. The highest BCUT2D eigenvalue weighted by molar-refractivity contribution is 5.98. The lowest BCUT2D eigenvalue weighted by molar-refractivity contribution is -0.151. The van der Waals surface area contributed by atoms with Gasteiger partial charge < -0.3 is 4.74 Å². The minimum absolute atomic E-state index is 0.192. The van der Waals surface area contributed by atoms with Crippen molar-refractivity contribution in [3.8, 4) is 12.3 Å². The van der Waals surface area contributed by atoms with Crippen molar-refractivity contribution in [1.82, 2.24) is 0 Å². The Bertz CT molecular complexity index is 345. The second kappa shape index (κ2) is 6.84. The van der Waals surface area contributed by atoms with Crippen molar-refractivity contribution < 1.29 is 14.3 Å². The second-order valence-electron chi connectivity index (χ2n) is 3.67. The molecule has 0 radical (unpaired) electrons. The molecule has 0 heterocycles. The van der Waals surface area contributed by atoms with E-state index in [0.717, 1.165) is 11.1 Å². The zero-order valence-electron chi connectivity index (χ0n) is 10.3. The lowest BCUT2D eigenvalue weighted by atomic mass is 9.94. The first kappa shape index (κ1) is 14.4. The molecule has 3 heteroatoms. The van der Waals surface area contributed by atoms with Crippen molar-refractivity contribution in [3.05, 3.63) is 11.1 Å². The van der Waals surface area contributed by atoms with Crippen LogP contribution in [0.25, 0.3) is 0 Å². The lowest BCUT2D eigenvalue weighted by Gasteiger charge is -2.13. The normalized spacial score (nSPS) is 13.4. The molecule has 0 aliphatic rings. The Hall–Kier alpha value is -1.56. The van der Waals surface area contributed by atoms with Crippen molar-refractivity contribution >= 4 is 11.8 Å². The summed E-state index contributed by atoms with van der Waals surface area (Å²) in [5.74, 6) is 1.10. The first-order valence-electron chi connectivity index (χ1n) is 5.24. The maximum absolute atomic E-state index is 11.5. The number of rotatable bonds is 5. The molecule has 16 heavy (non-hydrogen) atoms. The number of hydrogen-bond donors (Lipinski definition) is 0. The first-order chi connectivity index (χ1) is 7.43. The van der Waals surface area contributed by atoms with Crippen molar-refractivity contribution in [1.29, 1.82) is 0 Å². The van der Waals surface area contributed by atoms with Gasteiger partial charge in [0, 0.05) is 0 Å². The van der Waals surface area contributed by atoms with Crippen LogP contribution in [-0.2, 0) is 14.3 Å². The van der Waals surface area contributed by atoms with E-state index in [1.54, 1.807) is 13.8 Å². The van der Waals surface area contributed by atoms with E-state index in [-0.39, 0.29) is 12.4 Å². The molecular weight excluding hydrogens is 204 g/mol. The van der Waals surface area contributed by atoms with E-state index in [4.69, 9.17) is 11.2 Å². The monoisotopic (exact) mass is 222 g/mol. The van der Waals surface area contributed by atoms with E-state index < -0.39 is 11.9 Å². The van der Waals surface area contributed by atoms with Crippen LogP contribution in [0.2, 0.25) is 0 Å². The molecule has 0 aliphatic heterocycles. The lowest BCUT2D eigenvalue weighted by Crippen LogP contribution is -2.24. The van der Waals surface area contributed by atoms with Gasteiger partial charge in [0.05, 0.1) is 6.61 Å². The molecule has 3 nitrogen and oxygen atoms in total. The summed E-state index contributed by atoms with van der Waals surface area (Å²) in [7, 11) is 0. The number of ketones is 1. The van der Waals surface area contributed by atoms with Crippen LogP contribution < -0.4 is 0 Å². The van der Waals surface area contributed by atoms with Crippen molar-refractivity contribution in [2.45, 2.75) is 34.1 Å². The smallest absolute Gasteiger partial charge is 0.316 e. The van der Waals surface area contributed by atoms with Crippen LogP contribution in [0.3, 0.4) is 0 Å². The summed E-state index contributed by atoms with van der Waals surface area (Å²) >= 11 is 0. The molecule has 88 valence electrons. The SMILES string of the molecule is C#CC(C)=C(C)CC(C(C)=O)C(=O)OCC. The maximum atomic E-state index is 11.5. The number of esters is 1. The summed E-state index contributed by atoms with van der Waals surface area (Å²) in [6.07, 6.45) is 5.59. The van der Waals surface area contributed by atoms with E-state index in [0.29, 0.717) is 6.42 Å². The molecule has 0 fully saturated rings. The van der Waals surface area contributed by atoms with Crippen LogP contribution in [0.1, 0.15) is 34.1 Å². The summed E-state index contributed by atoms with van der Waals surface area (Å²) in [4.78, 5) is 22.8. The highest BCUT2D eigenvalue weighted by atomic mass is 16.5.